The number of nitrogens with one attached hydrogen (secondary N) is 2. The number of ether oxygens (including phenoxy) is 1. The van der Waals surface area contributed by atoms with E-state index in [1.54, 1.807) is 6.92 Å². The molecule has 0 radical (unpaired) electrons. The van der Waals surface area contributed by atoms with Crippen LogP contribution in [0.4, 0.5) is 4.79 Å². The molecule has 2 amide bonds. The van der Waals surface area contributed by atoms with Gasteiger partial charge in [0.1, 0.15) is 6.04 Å². The van der Waals surface area contributed by atoms with Crippen molar-refractivity contribution in [3.05, 3.63) is 0 Å². The molecule has 0 saturated heterocycles. The van der Waals surface area contributed by atoms with Crippen molar-refractivity contribution in [1.82, 2.24) is 10.6 Å². The molecule has 0 spiro atoms. The standard InChI is InChI=1S/C15H28N2O3/c1-10(2)9-20-15(19)16-12(4)14(18)17-13-8-6-5-7-11(13)3/h10-13H,5-9H2,1-4H3,(H,16,19)(H,17,18)/t11-,12-,13-/m0/s1. The number of amides is 2. The van der Waals surface area contributed by atoms with Gasteiger partial charge in [0.25, 0.3) is 0 Å². The van der Waals surface area contributed by atoms with E-state index in [9.17, 15) is 9.59 Å². The molecule has 3 atom stereocenters. The predicted molar refractivity (Wildman–Crippen MR) is 78.3 cm³/mol. The highest BCUT2D eigenvalue weighted by Gasteiger charge is 2.25. The summed E-state index contributed by atoms with van der Waals surface area (Å²) >= 11 is 0. The van der Waals surface area contributed by atoms with Gasteiger partial charge in [0.15, 0.2) is 0 Å². The van der Waals surface area contributed by atoms with Gasteiger partial charge in [-0.2, -0.15) is 0 Å². The number of carbonyl (C=O) groups excluding carboxylic acids is 2. The van der Waals surface area contributed by atoms with Crippen LogP contribution in [0.3, 0.4) is 0 Å². The Bertz CT molecular complexity index is 331. The summed E-state index contributed by atoms with van der Waals surface area (Å²) < 4.78 is 5.01. The minimum absolute atomic E-state index is 0.134. The Morgan fingerprint density at radius 1 is 1.20 bits per heavy atom. The molecule has 0 bridgehead atoms. The van der Waals surface area contributed by atoms with Crippen LogP contribution in [0.5, 0.6) is 0 Å². The van der Waals surface area contributed by atoms with E-state index in [-0.39, 0.29) is 17.9 Å². The summed E-state index contributed by atoms with van der Waals surface area (Å²) in [6.07, 6.45) is 4.05. The lowest BCUT2D eigenvalue weighted by Gasteiger charge is -2.30. The van der Waals surface area contributed by atoms with Crippen molar-refractivity contribution in [2.45, 2.75) is 65.5 Å². The minimum atomic E-state index is -0.566. The van der Waals surface area contributed by atoms with E-state index < -0.39 is 12.1 Å². The maximum absolute atomic E-state index is 12.0. The van der Waals surface area contributed by atoms with Gasteiger partial charge in [-0.05, 0) is 31.6 Å². The maximum Gasteiger partial charge on any atom is 0.407 e. The van der Waals surface area contributed by atoms with E-state index in [1.807, 2.05) is 13.8 Å². The second-order valence-corrected chi connectivity index (χ2v) is 6.24. The van der Waals surface area contributed by atoms with E-state index >= 15 is 0 Å². The van der Waals surface area contributed by atoms with Crippen LogP contribution in [0.2, 0.25) is 0 Å². The van der Waals surface area contributed by atoms with Crippen LogP contribution >= 0.6 is 0 Å². The lowest BCUT2D eigenvalue weighted by atomic mass is 9.86. The molecule has 1 saturated carbocycles. The third-order valence-electron chi connectivity index (χ3n) is 3.71. The molecule has 2 N–H and O–H groups in total. The third kappa shape index (κ3) is 5.80. The highest BCUT2D eigenvalue weighted by molar-refractivity contribution is 5.85. The van der Waals surface area contributed by atoms with E-state index in [0.29, 0.717) is 12.5 Å². The first-order chi connectivity index (χ1) is 9.40. The van der Waals surface area contributed by atoms with E-state index in [1.165, 1.54) is 6.42 Å². The monoisotopic (exact) mass is 284 g/mol. The normalized spacial score (nSPS) is 24.1. The lowest BCUT2D eigenvalue weighted by molar-refractivity contribution is -0.124. The largest absolute Gasteiger partial charge is 0.449 e. The zero-order chi connectivity index (χ0) is 15.1. The Balaban J connectivity index is 2.32. The van der Waals surface area contributed by atoms with E-state index in [0.717, 1.165) is 19.3 Å². The van der Waals surface area contributed by atoms with Crippen molar-refractivity contribution in [2.75, 3.05) is 6.61 Å². The molecule has 0 aromatic carbocycles. The molecule has 1 aliphatic rings. The molecule has 20 heavy (non-hydrogen) atoms. The summed E-state index contributed by atoms with van der Waals surface area (Å²) in [6, 6.07) is -0.337. The molecule has 0 aromatic heterocycles. The first kappa shape index (κ1) is 16.8. The van der Waals surface area contributed by atoms with Crippen LogP contribution in [0, 0.1) is 11.8 Å². The molecule has 0 unspecified atom stereocenters. The van der Waals surface area contributed by atoms with Gasteiger partial charge < -0.3 is 15.4 Å². The summed E-state index contributed by atoms with van der Waals surface area (Å²) in [5.74, 6) is 0.658. The van der Waals surface area contributed by atoms with Gasteiger partial charge in [0.05, 0.1) is 6.61 Å². The fraction of sp³-hybridized carbons (Fsp3) is 0.867. The van der Waals surface area contributed by atoms with Crippen LogP contribution in [-0.2, 0) is 9.53 Å². The molecule has 116 valence electrons. The average Bonchev–Trinajstić information content (AvgIpc) is 2.39. The molecule has 1 aliphatic carbocycles. The summed E-state index contributed by atoms with van der Waals surface area (Å²) in [5, 5.41) is 5.60. The van der Waals surface area contributed by atoms with Crippen LogP contribution in [0.25, 0.3) is 0 Å². The zero-order valence-corrected chi connectivity index (χ0v) is 13.1. The molecular formula is C15H28N2O3. The Morgan fingerprint density at radius 2 is 1.85 bits per heavy atom. The summed E-state index contributed by atoms with van der Waals surface area (Å²) in [6.45, 7) is 8.14. The molecule has 1 rings (SSSR count). The highest BCUT2D eigenvalue weighted by atomic mass is 16.5. The lowest BCUT2D eigenvalue weighted by Crippen LogP contribution is -2.50. The topological polar surface area (TPSA) is 67.4 Å². The fourth-order valence-electron chi connectivity index (χ4n) is 2.36. The fourth-order valence-corrected chi connectivity index (χ4v) is 2.36. The first-order valence-corrected chi connectivity index (χ1v) is 7.63. The first-order valence-electron chi connectivity index (χ1n) is 7.63. The molecule has 0 aliphatic heterocycles. The van der Waals surface area contributed by atoms with Crippen LogP contribution in [-0.4, -0.2) is 30.7 Å². The highest BCUT2D eigenvalue weighted by Crippen LogP contribution is 2.23. The van der Waals surface area contributed by atoms with Crippen molar-refractivity contribution in [1.29, 1.82) is 0 Å². The van der Waals surface area contributed by atoms with E-state index in [4.69, 9.17) is 4.74 Å². The zero-order valence-electron chi connectivity index (χ0n) is 13.1. The van der Waals surface area contributed by atoms with E-state index in [2.05, 4.69) is 17.6 Å². The van der Waals surface area contributed by atoms with Gasteiger partial charge in [-0.15, -0.1) is 0 Å². The molecule has 0 heterocycles. The number of hydrogen-bond donors (Lipinski definition) is 2. The van der Waals surface area contributed by atoms with Gasteiger partial charge in [0.2, 0.25) is 5.91 Å². The second kappa shape index (κ2) is 8.12. The van der Waals surface area contributed by atoms with Crippen LogP contribution in [0.1, 0.15) is 53.4 Å². The molecule has 5 heteroatoms. The van der Waals surface area contributed by atoms with Gasteiger partial charge in [-0.1, -0.05) is 33.6 Å². The molecular weight excluding hydrogens is 256 g/mol. The van der Waals surface area contributed by atoms with Crippen LogP contribution in [0.15, 0.2) is 0 Å². The van der Waals surface area contributed by atoms with Gasteiger partial charge in [0, 0.05) is 6.04 Å². The van der Waals surface area contributed by atoms with Crippen molar-refractivity contribution in [3.8, 4) is 0 Å². The maximum atomic E-state index is 12.0. The van der Waals surface area contributed by atoms with Crippen molar-refractivity contribution in [2.24, 2.45) is 11.8 Å². The van der Waals surface area contributed by atoms with Gasteiger partial charge in [-0.3, -0.25) is 4.79 Å². The Kier molecular flexibility index (Phi) is 6.82. The van der Waals surface area contributed by atoms with Gasteiger partial charge >= 0.3 is 6.09 Å². The van der Waals surface area contributed by atoms with Crippen LogP contribution < -0.4 is 10.6 Å². The summed E-state index contributed by atoms with van der Waals surface area (Å²) in [5.41, 5.74) is 0. The van der Waals surface area contributed by atoms with Crippen molar-refractivity contribution < 1.29 is 14.3 Å². The quantitative estimate of drug-likeness (QED) is 0.815. The van der Waals surface area contributed by atoms with Crippen molar-refractivity contribution in [3.63, 3.8) is 0 Å². The molecule has 5 nitrogen and oxygen atoms in total. The smallest absolute Gasteiger partial charge is 0.407 e. The second-order valence-electron chi connectivity index (χ2n) is 6.24. The Hall–Kier alpha value is -1.26. The SMILES string of the molecule is CC(C)COC(=O)N[C@@H](C)C(=O)N[C@H]1CCCC[C@@H]1C. The predicted octanol–water partition coefficient (Wildman–Crippen LogP) is 2.45. The Labute approximate surface area is 121 Å². The number of alkyl carbamates (subject to hydrolysis) is 1. The number of rotatable bonds is 5. The molecule has 1 fully saturated rings. The minimum Gasteiger partial charge on any atom is -0.449 e. The Morgan fingerprint density at radius 3 is 2.45 bits per heavy atom. The summed E-state index contributed by atoms with van der Waals surface area (Å²) in [4.78, 5) is 23.6. The number of hydrogen-bond acceptors (Lipinski definition) is 3. The van der Waals surface area contributed by atoms with Crippen molar-refractivity contribution >= 4 is 12.0 Å². The summed E-state index contributed by atoms with van der Waals surface area (Å²) in [7, 11) is 0. The van der Waals surface area contributed by atoms with Gasteiger partial charge in [-0.25, -0.2) is 4.79 Å². The third-order valence-corrected chi connectivity index (χ3v) is 3.71. The molecule has 0 aromatic rings. The number of carbonyl (C=O) groups is 2. The average molecular weight is 284 g/mol.